The number of anilines is 1. The monoisotopic (exact) mass is 425 g/mol. The molecule has 6 heteroatoms. The standard InChI is InChI=1S/C25H28FNO4/c1-5-31-20-12-10-19(11-13-20)27-21-14-25(4,30)24(16(3)29)23(22(21)15(2)28)17-6-8-18(26)9-7-17/h6-13,23-24,27,30H,5,14H2,1-4H3/t23-,24+,25+/m1/s1. The summed E-state index contributed by atoms with van der Waals surface area (Å²) >= 11 is 0. The van der Waals surface area contributed by atoms with E-state index in [9.17, 15) is 19.1 Å². The highest BCUT2D eigenvalue weighted by Crippen LogP contribution is 2.47. The second kappa shape index (κ2) is 9.02. The first-order chi connectivity index (χ1) is 14.6. The van der Waals surface area contributed by atoms with Gasteiger partial charge in [0.05, 0.1) is 18.1 Å². The maximum Gasteiger partial charge on any atom is 0.158 e. The second-order valence-electron chi connectivity index (χ2n) is 8.18. The van der Waals surface area contributed by atoms with E-state index in [1.165, 1.54) is 26.0 Å². The molecule has 5 nitrogen and oxygen atoms in total. The summed E-state index contributed by atoms with van der Waals surface area (Å²) < 4.78 is 19.0. The van der Waals surface area contributed by atoms with Gasteiger partial charge in [-0.3, -0.25) is 9.59 Å². The molecule has 1 aliphatic rings. The first kappa shape index (κ1) is 22.7. The summed E-state index contributed by atoms with van der Waals surface area (Å²) in [6, 6.07) is 13.0. The van der Waals surface area contributed by atoms with Crippen molar-refractivity contribution < 1.29 is 23.8 Å². The Morgan fingerprint density at radius 1 is 1.13 bits per heavy atom. The number of ether oxygens (including phenoxy) is 1. The van der Waals surface area contributed by atoms with Crippen molar-refractivity contribution in [3.63, 3.8) is 0 Å². The molecule has 0 heterocycles. The zero-order chi connectivity index (χ0) is 22.8. The first-order valence-corrected chi connectivity index (χ1v) is 10.4. The Morgan fingerprint density at radius 2 is 1.74 bits per heavy atom. The minimum atomic E-state index is -1.39. The van der Waals surface area contributed by atoms with Crippen LogP contribution in [-0.4, -0.2) is 28.9 Å². The molecular formula is C25H28FNO4. The molecule has 164 valence electrons. The average Bonchev–Trinajstić information content (AvgIpc) is 2.68. The number of hydrogen-bond acceptors (Lipinski definition) is 5. The van der Waals surface area contributed by atoms with Crippen LogP contribution in [0.15, 0.2) is 59.8 Å². The fourth-order valence-electron chi connectivity index (χ4n) is 4.50. The summed E-state index contributed by atoms with van der Waals surface area (Å²) in [6.45, 7) is 6.93. The van der Waals surface area contributed by atoms with Gasteiger partial charge in [-0.25, -0.2) is 4.39 Å². The Labute approximate surface area is 181 Å². The lowest BCUT2D eigenvalue weighted by atomic mass is 9.64. The fraction of sp³-hybridized carbons (Fsp3) is 0.360. The third-order valence-corrected chi connectivity index (χ3v) is 5.68. The highest BCUT2D eigenvalue weighted by Gasteiger charge is 2.49. The highest BCUT2D eigenvalue weighted by atomic mass is 19.1. The van der Waals surface area contributed by atoms with E-state index < -0.39 is 23.3 Å². The lowest BCUT2D eigenvalue weighted by Crippen LogP contribution is -2.48. The van der Waals surface area contributed by atoms with Crippen LogP contribution >= 0.6 is 0 Å². The van der Waals surface area contributed by atoms with E-state index in [0.29, 0.717) is 23.4 Å². The SMILES string of the molecule is CCOc1ccc(NC2=C(C(C)=O)[C@@H](c3ccc(F)cc3)[C@H](C(C)=O)[C@@](C)(O)C2)cc1. The van der Waals surface area contributed by atoms with Gasteiger partial charge in [0.2, 0.25) is 0 Å². The van der Waals surface area contributed by atoms with Crippen LogP contribution in [0.4, 0.5) is 10.1 Å². The van der Waals surface area contributed by atoms with Crippen LogP contribution in [-0.2, 0) is 9.59 Å². The number of Topliss-reactive ketones (excluding diaryl/α,β-unsaturated/α-hetero) is 2. The van der Waals surface area contributed by atoms with Gasteiger partial charge in [-0.2, -0.15) is 0 Å². The number of hydrogen-bond donors (Lipinski definition) is 2. The molecule has 0 aliphatic heterocycles. The van der Waals surface area contributed by atoms with Crippen molar-refractivity contribution in [2.24, 2.45) is 5.92 Å². The zero-order valence-corrected chi connectivity index (χ0v) is 18.2. The number of carbonyl (C=O) groups is 2. The van der Waals surface area contributed by atoms with Crippen molar-refractivity contribution in [3.05, 3.63) is 71.2 Å². The molecule has 0 amide bonds. The quantitative estimate of drug-likeness (QED) is 0.677. The topological polar surface area (TPSA) is 75.6 Å². The van der Waals surface area contributed by atoms with Gasteiger partial charge >= 0.3 is 0 Å². The molecule has 2 aromatic carbocycles. The van der Waals surface area contributed by atoms with E-state index >= 15 is 0 Å². The van der Waals surface area contributed by atoms with E-state index in [2.05, 4.69) is 5.32 Å². The molecule has 3 atom stereocenters. The van der Waals surface area contributed by atoms with Crippen LogP contribution in [0.3, 0.4) is 0 Å². The van der Waals surface area contributed by atoms with Gasteiger partial charge in [-0.05, 0) is 69.7 Å². The molecule has 0 bridgehead atoms. The molecular weight excluding hydrogens is 397 g/mol. The average molecular weight is 426 g/mol. The third-order valence-electron chi connectivity index (χ3n) is 5.68. The number of rotatable bonds is 7. The van der Waals surface area contributed by atoms with Gasteiger partial charge in [-0.1, -0.05) is 12.1 Å². The van der Waals surface area contributed by atoms with E-state index in [-0.39, 0.29) is 18.0 Å². The Balaban J connectivity index is 2.12. The largest absolute Gasteiger partial charge is 0.494 e. The molecule has 1 aliphatic carbocycles. The van der Waals surface area contributed by atoms with Crippen molar-refractivity contribution in [1.29, 1.82) is 0 Å². The van der Waals surface area contributed by atoms with Crippen LogP contribution in [0.2, 0.25) is 0 Å². The van der Waals surface area contributed by atoms with Crippen molar-refractivity contribution in [2.75, 3.05) is 11.9 Å². The number of aliphatic hydroxyl groups is 1. The molecule has 31 heavy (non-hydrogen) atoms. The second-order valence-corrected chi connectivity index (χ2v) is 8.18. The first-order valence-electron chi connectivity index (χ1n) is 10.4. The van der Waals surface area contributed by atoms with Crippen LogP contribution in [0.25, 0.3) is 0 Å². The number of nitrogens with one attached hydrogen (secondary N) is 1. The van der Waals surface area contributed by atoms with Gasteiger partial charge in [0, 0.05) is 29.3 Å². The van der Waals surface area contributed by atoms with Gasteiger partial charge in [-0.15, -0.1) is 0 Å². The molecule has 0 saturated heterocycles. The summed E-state index contributed by atoms with van der Waals surface area (Å²) in [5.41, 5.74) is 0.919. The van der Waals surface area contributed by atoms with Crippen LogP contribution in [0.1, 0.15) is 45.6 Å². The smallest absolute Gasteiger partial charge is 0.158 e. The number of benzene rings is 2. The Bertz CT molecular complexity index is 993. The zero-order valence-electron chi connectivity index (χ0n) is 18.2. The summed E-state index contributed by atoms with van der Waals surface area (Å²) in [5, 5.41) is 14.5. The number of carbonyl (C=O) groups excluding carboxylic acids is 2. The molecule has 0 saturated carbocycles. The minimum Gasteiger partial charge on any atom is -0.494 e. The van der Waals surface area contributed by atoms with Crippen molar-refractivity contribution >= 4 is 17.3 Å². The van der Waals surface area contributed by atoms with Gasteiger partial charge in [0.15, 0.2) is 5.78 Å². The molecule has 2 N–H and O–H groups in total. The van der Waals surface area contributed by atoms with E-state index in [1.807, 2.05) is 31.2 Å². The van der Waals surface area contributed by atoms with Crippen LogP contribution in [0, 0.1) is 11.7 Å². The third kappa shape index (κ3) is 4.85. The van der Waals surface area contributed by atoms with Crippen LogP contribution in [0.5, 0.6) is 5.75 Å². The minimum absolute atomic E-state index is 0.108. The Morgan fingerprint density at radius 3 is 2.26 bits per heavy atom. The maximum atomic E-state index is 13.6. The lowest BCUT2D eigenvalue weighted by molar-refractivity contribution is -0.131. The lowest BCUT2D eigenvalue weighted by Gasteiger charge is -2.43. The molecule has 0 spiro atoms. The molecule has 0 unspecified atom stereocenters. The predicted octanol–water partition coefficient (Wildman–Crippen LogP) is 4.62. The molecule has 0 fully saturated rings. The van der Waals surface area contributed by atoms with Gasteiger partial charge in [0.25, 0.3) is 0 Å². The summed E-state index contributed by atoms with van der Waals surface area (Å²) in [4.78, 5) is 25.4. The normalized spacial score (nSPS) is 23.4. The molecule has 3 rings (SSSR count). The van der Waals surface area contributed by atoms with Gasteiger partial charge < -0.3 is 15.2 Å². The van der Waals surface area contributed by atoms with Crippen molar-refractivity contribution in [2.45, 2.75) is 45.6 Å². The Hall–Kier alpha value is -2.99. The Kier molecular flexibility index (Phi) is 6.60. The summed E-state index contributed by atoms with van der Waals surface area (Å²) in [5.74, 6) is -1.63. The maximum absolute atomic E-state index is 13.6. The van der Waals surface area contributed by atoms with E-state index in [4.69, 9.17) is 4.74 Å². The van der Waals surface area contributed by atoms with Crippen LogP contribution < -0.4 is 10.1 Å². The highest BCUT2D eigenvalue weighted by molar-refractivity contribution is 5.98. The summed E-state index contributed by atoms with van der Waals surface area (Å²) in [7, 11) is 0. The number of ketones is 2. The number of allylic oxidation sites excluding steroid dienone is 1. The predicted molar refractivity (Wildman–Crippen MR) is 117 cm³/mol. The molecule has 0 radical (unpaired) electrons. The fourth-order valence-corrected chi connectivity index (χ4v) is 4.50. The van der Waals surface area contributed by atoms with Crippen molar-refractivity contribution in [3.8, 4) is 5.75 Å². The van der Waals surface area contributed by atoms with E-state index in [0.717, 1.165) is 11.4 Å². The number of halogens is 1. The molecule has 0 aromatic heterocycles. The van der Waals surface area contributed by atoms with Crippen molar-refractivity contribution in [1.82, 2.24) is 0 Å². The summed E-state index contributed by atoms with van der Waals surface area (Å²) in [6.07, 6.45) is 0.108. The molecule has 2 aromatic rings. The van der Waals surface area contributed by atoms with Gasteiger partial charge in [0.1, 0.15) is 17.3 Å². The van der Waals surface area contributed by atoms with E-state index in [1.54, 1.807) is 19.1 Å².